The number of carbonyl (C=O) groups is 1. The Hall–Kier alpha value is -2.34. The van der Waals surface area contributed by atoms with Crippen molar-refractivity contribution in [2.75, 3.05) is 5.75 Å². The van der Waals surface area contributed by atoms with E-state index in [9.17, 15) is 13.2 Å². The van der Waals surface area contributed by atoms with E-state index in [4.69, 9.17) is 5.11 Å². The van der Waals surface area contributed by atoms with Crippen LogP contribution in [0.5, 0.6) is 0 Å². The van der Waals surface area contributed by atoms with Gasteiger partial charge in [-0.15, -0.1) is 0 Å². The van der Waals surface area contributed by atoms with E-state index in [2.05, 4.69) is 5.32 Å². The van der Waals surface area contributed by atoms with Crippen molar-refractivity contribution < 1.29 is 18.3 Å². The van der Waals surface area contributed by atoms with Crippen molar-refractivity contribution in [2.24, 2.45) is 5.92 Å². The van der Waals surface area contributed by atoms with Crippen molar-refractivity contribution in [1.82, 2.24) is 5.32 Å². The largest absolute Gasteiger partial charge is 0.465 e. The van der Waals surface area contributed by atoms with Crippen LogP contribution in [0.4, 0.5) is 4.79 Å². The fraction of sp³-hybridized carbons (Fsp3) is 0.350. The third kappa shape index (κ3) is 4.25. The molecule has 1 fully saturated rings. The molecule has 0 heterocycles. The summed E-state index contributed by atoms with van der Waals surface area (Å²) in [4.78, 5) is 11.3. The standard InChI is InChI=1S/C20H23NO4S/c1-20(2,21-19(22)23)17-9-5-15(6-10-17)16-7-11-18(12-8-16)26(24,25)13-14-3-4-14/h5-12,14,21H,3-4,13H2,1-2H3,(H,22,23). The van der Waals surface area contributed by atoms with Gasteiger partial charge in [0.15, 0.2) is 9.84 Å². The van der Waals surface area contributed by atoms with Crippen molar-refractivity contribution in [1.29, 1.82) is 0 Å². The average Bonchev–Trinajstić information content (AvgIpc) is 3.37. The van der Waals surface area contributed by atoms with Gasteiger partial charge in [-0.25, -0.2) is 13.2 Å². The Kier molecular flexibility index (Phi) is 4.80. The monoisotopic (exact) mass is 373 g/mol. The molecule has 1 saturated carbocycles. The number of rotatable bonds is 6. The van der Waals surface area contributed by atoms with Gasteiger partial charge in [0.25, 0.3) is 0 Å². The molecule has 0 aliphatic heterocycles. The summed E-state index contributed by atoms with van der Waals surface area (Å²) in [7, 11) is -3.20. The molecule has 5 nitrogen and oxygen atoms in total. The lowest BCUT2D eigenvalue weighted by Crippen LogP contribution is -2.39. The van der Waals surface area contributed by atoms with Crippen LogP contribution in [0.1, 0.15) is 32.3 Å². The Morgan fingerprint density at radius 3 is 2.00 bits per heavy atom. The van der Waals surface area contributed by atoms with E-state index in [0.29, 0.717) is 10.8 Å². The van der Waals surface area contributed by atoms with Crippen LogP contribution in [0.2, 0.25) is 0 Å². The zero-order valence-electron chi connectivity index (χ0n) is 14.9. The van der Waals surface area contributed by atoms with E-state index < -0.39 is 21.5 Å². The molecule has 1 aliphatic rings. The third-order valence-corrected chi connectivity index (χ3v) is 6.63. The summed E-state index contributed by atoms with van der Waals surface area (Å²) in [6, 6.07) is 14.5. The minimum Gasteiger partial charge on any atom is -0.465 e. The highest BCUT2D eigenvalue weighted by molar-refractivity contribution is 7.91. The molecule has 26 heavy (non-hydrogen) atoms. The molecule has 0 radical (unpaired) electrons. The normalized spacial score (nSPS) is 14.8. The van der Waals surface area contributed by atoms with Gasteiger partial charge < -0.3 is 10.4 Å². The summed E-state index contributed by atoms with van der Waals surface area (Å²) in [6.45, 7) is 3.60. The highest BCUT2D eigenvalue weighted by Crippen LogP contribution is 2.33. The molecule has 0 saturated heterocycles. The molecule has 6 heteroatoms. The van der Waals surface area contributed by atoms with Crippen molar-refractivity contribution in [3.8, 4) is 11.1 Å². The molecule has 138 valence electrons. The number of sulfone groups is 1. The Morgan fingerprint density at radius 1 is 1.04 bits per heavy atom. The van der Waals surface area contributed by atoms with Gasteiger partial charge in [0, 0.05) is 0 Å². The highest BCUT2D eigenvalue weighted by atomic mass is 32.2. The van der Waals surface area contributed by atoms with Crippen molar-refractivity contribution in [3.05, 3.63) is 54.1 Å². The second-order valence-corrected chi connectivity index (χ2v) is 9.42. The van der Waals surface area contributed by atoms with Crippen LogP contribution < -0.4 is 5.32 Å². The third-order valence-electron chi connectivity index (χ3n) is 4.72. The highest BCUT2D eigenvalue weighted by Gasteiger charge is 2.29. The molecule has 2 N–H and O–H groups in total. The molecule has 1 amide bonds. The lowest BCUT2D eigenvalue weighted by atomic mass is 9.92. The molecule has 0 bridgehead atoms. The molecule has 0 aromatic heterocycles. The minimum absolute atomic E-state index is 0.243. The van der Waals surface area contributed by atoms with Crippen LogP contribution in [0.3, 0.4) is 0 Å². The Labute approximate surface area is 154 Å². The maximum atomic E-state index is 12.3. The molecule has 0 atom stereocenters. The summed E-state index contributed by atoms with van der Waals surface area (Å²) in [5.41, 5.74) is 2.04. The molecule has 0 spiro atoms. The molecular weight excluding hydrogens is 350 g/mol. The molecular formula is C20H23NO4S. The van der Waals surface area contributed by atoms with E-state index in [1.165, 1.54) is 0 Å². The Balaban J connectivity index is 1.78. The lowest BCUT2D eigenvalue weighted by Gasteiger charge is -2.25. The van der Waals surface area contributed by atoms with E-state index in [1.807, 2.05) is 36.4 Å². The van der Waals surface area contributed by atoms with Crippen LogP contribution in [-0.2, 0) is 15.4 Å². The fourth-order valence-electron chi connectivity index (χ4n) is 2.96. The first-order chi connectivity index (χ1) is 12.2. The first-order valence-corrected chi connectivity index (χ1v) is 10.3. The van der Waals surface area contributed by atoms with Crippen molar-refractivity contribution in [3.63, 3.8) is 0 Å². The predicted octanol–water partition coefficient (Wildman–Crippen LogP) is 4.04. The Morgan fingerprint density at radius 2 is 1.54 bits per heavy atom. The van der Waals surface area contributed by atoms with Gasteiger partial charge in [-0.05, 0) is 61.4 Å². The van der Waals surface area contributed by atoms with Crippen molar-refractivity contribution in [2.45, 2.75) is 37.1 Å². The molecule has 2 aromatic carbocycles. The smallest absolute Gasteiger partial charge is 0.405 e. The van der Waals surface area contributed by atoms with Gasteiger partial charge in [0.05, 0.1) is 16.2 Å². The van der Waals surface area contributed by atoms with Crippen LogP contribution >= 0.6 is 0 Å². The first kappa shape index (κ1) is 18.5. The summed E-state index contributed by atoms with van der Waals surface area (Å²) < 4.78 is 24.6. The van der Waals surface area contributed by atoms with Crippen LogP contribution in [0.15, 0.2) is 53.4 Å². The number of hydrogen-bond donors (Lipinski definition) is 2. The minimum atomic E-state index is -3.20. The molecule has 1 aliphatic carbocycles. The van der Waals surface area contributed by atoms with Gasteiger partial charge >= 0.3 is 6.09 Å². The lowest BCUT2D eigenvalue weighted by molar-refractivity contribution is 0.182. The summed E-state index contributed by atoms with van der Waals surface area (Å²) in [5.74, 6) is 0.571. The number of amides is 1. The van der Waals surface area contributed by atoms with Gasteiger partial charge in [0.1, 0.15) is 0 Å². The molecule has 3 rings (SSSR count). The van der Waals surface area contributed by atoms with Gasteiger partial charge in [-0.2, -0.15) is 0 Å². The average molecular weight is 373 g/mol. The van der Waals surface area contributed by atoms with E-state index >= 15 is 0 Å². The zero-order chi connectivity index (χ0) is 18.9. The van der Waals surface area contributed by atoms with E-state index in [0.717, 1.165) is 29.5 Å². The second-order valence-electron chi connectivity index (χ2n) is 7.38. The summed E-state index contributed by atoms with van der Waals surface area (Å²) >= 11 is 0. The van der Waals surface area contributed by atoms with Gasteiger partial charge in [-0.1, -0.05) is 36.4 Å². The summed E-state index contributed by atoms with van der Waals surface area (Å²) in [5, 5.41) is 11.4. The fourth-order valence-corrected chi connectivity index (χ4v) is 4.66. The summed E-state index contributed by atoms with van der Waals surface area (Å²) in [6.07, 6.45) is 0.954. The quantitative estimate of drug-likeness (QED) is 0.800. The Bertz CT molecular complexity index is 896. The van der Waals surface area contributed by atoms with E-state index in [1.54, 1.807) is 26.0 Å². The predicted molar refractivity (Wildman–Crippen MR) is 101 cm³/mol. The van der Waals surface area contributed by atoms with Crippen LogP contribution in [0.25, 0.3) is 11.1 Å². The van der Waals surface area contributed by atoms with Gasteiger partial charge in [-0.3, -0.25) is 0 Å². The van der Waals surface area contributed by atoms with Crippen LogP contribution in [0, 0.1) is 5.92 Å². The first-order valence-electron chi connectivity index (χ1n) is 8.62. The number of nitrogens with one attached hydrogen (secondary N) is 1. The maximum Gasteiger partial charge on any atom is 0.405 e. The molecule has 0 unspecified atom stereocenters. The topological polar surface area (TPSA) is 83.5 Å². The van der Waals surface area contributed by atoms with E-state index in [-0.39, 0.29) is 5.75 Å². The van der Waals surface area contributed by atoms with Crippen LogP contribution in [-0.4, -0.2) is 25.4 Å². The number of hydrogen-bond acceptors (Lipinski definition) is 3. The zero-order valence-corrected chi connectivity index (χ0v) is 15.7. The van der Waals surface area contributed by atoms with Crippen molar-refractivity contribution >= 4 is 15.9 Å². The maximum absolute atomic E-state index is 12.3. The second kappa shape index (κ2) is 6.76. The number of benzene rings is 2. The number of carboxylic acid groups (broad SMARTS) is 1. The molecule has 2 aromatic rings. The van der Waals surface area contributed by atoms with Gasteiger partial charge in [0.2, 0.25) is 0 Å². The SMILES string of the molecule is CC(C)(NC(=O)O)c1ccc(-c2ccc(S(=O)(=O)CC3CC3)cc2)cc1.